The van der Waals surface area contributed by atoms with Crippen LogP contribution in [0, 0.1) is 0 Å². The molecular weight excluding hydrogens is 238 g/mol. The largest absolute Gasteiger partial charge is 0.508 e. The predicted molar refractivity (Wildman–Crippen MR) is 75.7 cm³/mol. The first kappa shape index (κ1) is 13.7. The highest BCUT2D eigenvalue weighted by molar-refractivity contribution is 5.78. The minimum absolute atomic E-state index is 0.168. The number of rotatable bonds is 4. The molecule has 1 amide bonds. The van der Waals surface area contributed by atoms with E-state index in [0.29, 0.717) is 13.0 Å². The van der Waals surface area contributed by atoms with Gasteiger partial charge in [-0.1, -0.05) is 23.8 Å². The van der Waals surface area contributed by atoms with E-state index in [-0.39, 0.29) is 11.7 Å². The molecule has 1 aromatic carbocycles. The third-order valence-corrected chi connectivity index (χ3v) is 3.55. The summed E-state index contributed by atoms with van der Waals surface area (Å²) < 4.78 is 0. The molecule has 0 radical (unpaired) electrons. The third-order valence-electron chi connectivity index (χ3n) is 3.55. The monoisotopic (exact) mass is 259 g/mol. The Labute approximate surface area is 114 Å². The number of hydrogen-bond donors (Lipinski definition) is 1. The van der Waals surface area contributed by atoms with Crippen LogP contribution in [-0.2, 0) is 11.3 Å². The van der Waals surface area contributed by atoms with Gasteiger partial charge in [-0.2, -0.15) is 0 Å². The Hall–Kier alpha value is -1.77. The van der Waals surface area contributed by atoms with Crippen molar-refractivity contribution in [1.29, 1.82) is 0 Å². The first-order chi connectivity index (χ1) is 9.15. The molecule has 0 atom stereocenters. The van der Waals surface area contributed by atoms with E-state index in [4.69, 9.17) is 0 Å². The van der Waals surface area contributed by atoms with Crippen molar-refractivity contribution in [1.82, 2.24) is 4.90 Å². The maximum Gasteiger partial charge on any atom is 0.226 e. The maximum absolute atomic E-state index is 12.1. The van der Waals surface area contributed by atoms with E-state index in [9.17, 15) is 9.90 Å². The smallest absolute Gasteiger partial charge is 0.226 e. The quantitative estimate of drug-likeness (QED) is 0.843. The van der Waals surface area contributed by atoms with E-state index in [2.05, 4.69) is 6.08 Å². The van der Waals surface area contributed by atoms with Crippen LogP contribution in [0.25, 0.3) is 0 Å². The summed E-state index contributed by atoms with van der Waals surface area (Å²) >= 11 is 0. The van der Waals surface area contributed by atoms with Crippen molar-refractivity contribution >= 4 is 5.91 Å². The molecule has 1 aliphatic rings. The molecule has 0 aromatic heterocycles. The van der Waals surface area contributed by atoms with Crippen LogP contribution in [0.2, 0.25) is 0 Å². The summed E-state index contributed by atoms with van der Waals surface area (Å²) in [5.41, 5.74) is 2.32. The minimum atomic E-state index is 0.168. The highest BCUT2D eigenvalue weighted by Gasteiger charge is 2.13. The second-order valence-corrected chi connectivity index (χ2v) is 5.20. The van der Waals surface area contributed by atoms with Gasteiger partial charge in [-0.15, -0.1) is 0 Å². The van der Waals surface area contributed by atoms with Gasteiger partial charge in [-0.05, 0) is 43.4 Å². The van der Waals surface area contributed by atoms with Crippen LogP contribution in [0.15, 0.2) is 35.9 Å². The number of amides is 1. The Balaban J connectivity index is 1.88. The zero-order valence-corrected chi connectivity index (χ0v) is 11.4. The summed E-state index contributed by atoms with van der Waals surface area (Å²) in [5.74, 6) is 0.423. The molecular formula is C16H21NO2. The van der Waals surface area contributed by atoms with Crippen LogP contribution in [0.4, 0.5) is 0 Å². The standard InChI is InChI=1S/C16H21NO2/c1-17(12-14-7-9-15(18)10-8-14)16(19)11-13-5-3-2-4-6-13/h5,7-10,18H,2-4,6,11-12H2,1H3. The van der Waals surface area contributed by atoms with E-state index in [0.717, 1.165) is 18.4 Å². The van der Waals surface area contributed by atoms with Crippen molar-refractivity contribution in [3.05, 3.63) is 41.5 Å². The number of carbonyl (C=O) groups is 1. The molecule has 1 aromatic rings. The van der Waals surface area contributed by atoms with Crippen LogP contribution in [-0.4, -0.2) is 23.0 Å². The van der Waals surface area contributed by atoms with Crippen LogP contribution < -0.4 is 0 Å². The molecule has 102 valence electrons. The lowest BCUT2D eigenvalue weighted by molar-refractivity contribution is -0.129. The predicted octanol–water partition coefficient (Wildman–Crippen LogP) is 3.24. The highest BCUT2D eigenvalue weighted by atomic mass is 16.3. The fraction of sp³-hybridized carbons (Fsp3) is 0.438. The summed E-state index contributed by atoms with van der Waals surface area (Å²) in [7, 11) is 1.83. The molecule has 3 heteroatoms. The van der Waals surface area contributed by atoms with Crippen LogP contribution >= 0.6 is 0 Å². The third kappa shape index (κ3) is 4.12. The number of phenols is 1. The molecule has 0 fully saturated rings. The number of hydrogen-bond acceptors (Lipinski definition) is 2. The van der Waals surface area contributed by atoms with Crippen LogP contribution in [0.1, 0.15) is 37.7 Å². The van der Waals surface area contributed by atoms with E-state index >= 15 is 0 Å². The van der Waals surface area contributed by atoms with Gasteiger partial charge >= 0.3 is 0 Å². The molecule has 0 bridgehead atoms. The second-order valence-electron chi connectivity index (χ2n) is 5.20. The van der Waals surface area contributed by atoms with Crippen molar-refractivity contribution in [2.75, 3.05) is 7.05 Å². The van der Waals surface area contributed by atoms with Crippen LogP contribution in [0.5, 0.6) is 5.75 Å². The van der Waals surface area contributed by atoms with E-state index in [1.54, 1.807) is 17.0 Å². The Morgan fingerprint density at radius 1 is 1.26 bits per heavy atom. The molecule has 0 saturated heterocycles. The number of benzene rings is 1. The van der Waals surface area contributed by atoms with Gasteiger partial charge in [0.2, 0.25) is 5.91 Å². The van der Waals surface area contributed by atoms with Gasteiger partial charge in [-0.25, -0.2) is 0 Å². The average molecular weight is 259 g/mol. The van der Waals surface area contributed by atoms with E-state index < -0.39 is 0 Å². The first-order valence-electron chi connectivity index (χ1n) is 6.85. The lowest BCUT2D eigenvalue weighted by Gasteiger charge is -2.19. The molecule has 3 nitrogen and oxygen atoms in total. The Morgan fingerprint density at radius 2 is 2.00 bits per heavy atom. The zero-order valence-electron chi connectivity index (χ0n) is 11.4. The summed E-state index contributed by atoms with van der Waals surface area (Å²) in [5, 5.41) is 9.23. The molecule has 19 heavy (non-hydrogen) atoms. The Morgan fingerprint density at radius 3 is 2.63 bits per heavy atom. The van der Waals surface area contributed by atoms with Crippen molar-refractivity contribution in [2.24, 2.45) is 0 Å². The number of allylic oxidation sites excluding steroid dienone is 1. The average Bonchev–Trinajstić information content (AvgIpc) is 2.42. The van der Waals surface area contributed by atoms with Crippen molar-refractivity contribution in [2.45, 2.75) is 38.6 Å². The van der Waals surface area contributed by atoms with Gasteiger partial charge in [-0.3, -0.25) is 4.79 Å². The maximum atomic E-state index is 12.1. The van der Waals surface area contributed by atoms with E-state index in [1.165, 1.54) is 18.4 Å². The molecule has 1 aliphatic carbocycles. The highest BCUT2D eigenvalue weighted by Crippen LogP contribution is 2.21. The summed E-state index contributed by atoms with van der Waals surface area (Å²) in [6.07, 6.45) is 7.41. The van der Waals surface area contributed by atoms with Gasteiger partial charge in [0, 0.05) is 20.0 Å². The number of aromatic hydroxyl groups is 1. The minimum Gasteiger partial charge on any atom is -0.508 e. The zero-order chi connectivity index (χ0) is 13.7. The molecule has 0 heterocycles. The van der Waals surface area contributed by atoms with Gasteiger partial charge < -0.3 is 10.0 Å². The summed E-state index contributed by atoms with van der Waals surface area (Å²) in [6.45, 7) is 0.590. The fourth-order valence-corrected chi connectivity index (χ4v) is 2.36. The van der Waals surface area contributed by atoms with Crippen molar-refractivity contribution < 1.29 is 9.90 Å². The number of phenolic OH excluding ortho intramolecular Hbond substituents is 1. The van der Waals surface area contributed by atoms with Crippen LogP contribution in [0.3, 0.4) is 0 Å². The topological polar surface area (TPSA) is 40.5 Å². The molecule has 2 rings (SSSR count). The van der Waals surface area contributed by atoms with E-state index in [1.807, 2.05) is 19.2 Å². The van der Waals surface area contributed by atoms with Crippen molar-refractivity contribution in [3.8, 4) is 5.75 Å². The first-order valence-corrected chi connectivity index (χ1v) is 6.85. The summed E-state index contributed by atoms with van der Waals surface area (Å²) in [4.78, 5) is 13.9. The van der Waals surface area contributed by atoms with Crippen molar-refractivity contribution in [3.63, 3.8) is 0 Å². The molecule has 0 aliphatic heterocycles. The molecule has 0 unspecified atom stereocenters. The molecule has 1 N–H and O–H groups in total. The number of nitrogens with zero attached hydrogens (tertiary/aromatic N) is 1. The molecule has 0 spiro atoms. The Bertz CT molecular complexity index is 462. The van der Waals surface area contributed by atoms with Gasteiger partial charge in [0.1, 0.15) is 5.75 Å². The lowest BCUT2D eigenvalue weighted by Crippen LogP contribution is -2.26. The lowest BCUT2D eigenvalue weighted by atomic mass is 9.97. The van der Waals surface area contributed by atoms with Gasteiger partial charge in [0.25, 0.3) is 0 Å². The SMILES string of the molecule is CN(Cc1ccc(O)cc1)C(=O)CC1=CCCCC1. The Kier molecular flexibility index (Phi) is 4.61. The van der Waals surface area contributed by atoms with Gasteiger partial charge in [0.15, 0.2) is 0 Å². The normalized spacial score (nSPS) is 14.9. The second kappa shape index (κ2) is 6.41. The van der Waals surface area contributed by atoms with Gasteiger partial charge in [0.05, 0.1) is 0 Å². The number of carbonyl (C=O) groups excluding carboxylic acids is 1. The fourth-order valence-electron chi connectivity index (χ4n) is 2.36. The molecule has 0 saturated carbocycles. The summed E-state index contributed by atoms with van der Waals surface area (Å²) in [6, 6.07) is 6.99.